The van der Waals surface area contributed by atoms with Crippen molar-refractivity contribution in [1.82, 2.24) is 4.90 Å². The molecule has 6 nitrogen and oxygen atoms in total. The van der Waals surface area contributed by atoms with Crippen LogP contribution in [0, 0.1) is 0 Å². The number of likely N-dealkylation sites (tertiary alicyclic amines) is 1. The molecule has 0 aromatic carbocycles. The first-order valence-corrected chi connectivity index (χ1v) is 6.47. The minimum atomic E-state index is -0.0994. The summed E-state index contributed by atoms with van der Waals surface area (Å²) >= 11 is 0. The Labute approximate surface area is 113 Å². The van der Waals surface area contributed by atoms with Crippen molar-refractivity contribution in [3.63, 3.8) is 0 Å². The van der Waals surface area contributed by atoms with Crippen LogP contribution < -0.4 is 0 Å². The monoisotopic (exact) mass is 271 g/mol. The van der Waals surface area contributed by atoms with E-state index in [4.69, 9.17) is 14.2 Å². The normalized spacial score (nSPS) is 15.7. The van der Waals surface area contributed by atoms with E-state index in [9.17, 15) is 9.59 Å². The molecule has 0 N–H and O–H groups in total. The zero-order valence-electron chi connectivity index (χ0n) is 11.1. The highest BCUT2D eigenvalue weighted by atomic mass is 16.5. The Morgan fingerprint density at radius 3 is 2.21 bits per heavy atom. The van der Waals surface area contributed by atoms with Gasteiger partial charge in [-0.1, -0.05) is 6.58 Å². The van der Waals surface area contributed by atoms with Gasteiger partial charge in [-0.25, -0.2) is 0 Å². The third kappa shape index (κ3) is 6.35. The van der Waals surface area contributed by atoms with Crippen LogP contribution in [0.5, 0.6) is 0 Å². The third-order valence-electron chi connectivity index (χ3n) is 2.68. The lowest BCUT2D eigenvalue weighted by atomic mass is 10.1. The fraction of sp³-hybridized carbons (Fsp3) is 0.692. The SMILES string of the molecule is C=COCCOCCOCCN1C(=O)CCCC1=O. The minimum absolute atomic E-state index is 0.0994. The van der Waals surface area contributed by atoms with E-state index in [1.54, 1.807) is 0 Å². The van der Waals surface area contributed by atoms with E-state index in [1.165, 1.54) is 11.2 Å². The van der Waals surface area contributed by atoms with Crippen LogP contribution in [-0.2, 0) is 23.8 Å². The van der Waals surface area contributed by atoms with Gasteiger partial charge in [-0.05, 0) is 6.42 Å². The van der Waals surface area contributed by atoms with Gasteiger partial charge in [0.2, 0.25) is 11.8 Å². The molecular formula is C13H21NO5. The van der Waals surface area contributed by atoms with E-state index in [0.717, 1.165) is 0 Å². The van der Waals surface area contributed by atoms with Gasteiger partial charge in [0.05, 0.1) is 39.2 Å². The fourth-order valence-corrected chi connectivity index (χ4v) is 1.72. The van der Waals surface area contributed by atoms with E-state index >= 15 is 0 Å². The standard InChI is InChI=1S/C13H21NO5/c1-2-17-8-9-19-11-10-18-7-6-14-12(15)4-3-5-13(14)16/h2H,1,3-11H2. The molecule has 1 aliphatic rings. The smallest absolute Gasteiger partial charge is 0.229 e. The van der Waals surface area contributed by atoms with Crippen molar-refractivity contribution in [2.75, 3.05) is 39.6 Å². The molecule has 0 atom stereocenters. The van der Waals surface area contributed by atoms with Crippen molar-refractivity contribution in [3.8, 4) is 0 Å². The summed E-state index contributed by atoms with van der Waals surface area (Å²) in [5.41, 5.74) is 0. The largest absolute Gasteiger partial charge is 0.499 e. The van der Waals surface area contributed by atoms with Gasteiger partial charge >= 0.3 is 0 Å². The van der Waals surface area contributed by atoms with Gasteiger partial charge in [0.25, 0.3) is 0 Å². The maximum Gasteiger partial charge on any atom is 0.229 e. The number of nitrogens with zero attached hydrogens (tertiary/aromatic N) is 1. The molecule has 19 heavy (non-hydrogen) atoms. The van der Waals surface area contributed by atoms with E-state index in [2.05, 4.69) is 6.58 Å². The lowest BCUT2D eigenvalue weighted by Gasteiger charge is -2.24. The molecule has 0 spiro atoms. The van der Waals surface area contributed by atoms with Gasteiger partial charge in [0.15, 0.2) is 0 Å². The van der Waals surface area contributed by atoms with Crippen molar-refractivity contribution in [1.29, 1.82) is 0 Å². The molecule has 0 aliphatic carbocycles. The van der Waals surface area contributed by atoms with Crippen LogP contribution in [0.3, 0.4) is 0 Å². The number of carbonyl (C=O) groups excluding carboxylic acids is 2. The van der Waals surface area contributed by atoms with E-state index in [0.29, 0.717) is 58.8 Å². The number of hydrogen-bond donors (Lipinski definition) is 0. The van der Waals surface area contributed by atoms with Gasteiger partial charge in [-0.3, -0.25) is 14.5 Å². The van der Waals surface area contributed by atoms with Gasteiger partial charge < -0.3 is 14.2 Å². The van der Waals surface area contributed by atoms with E-state index < -0.39 is 0 Å². The average Bonchev–Trinajstić information content (AvgIpc) is 2.40. The summed E-state index contributed by atoms with van der Waals surface area (Å²) in [5.74, 6) is -0.199. The molecule has 1 aliphatic heterocycles. The molecule has 0 aromatic rings. The molecule has 0 radical (unpaired) electrons. The Balaban J connectivity index is 1.96. The van der Waals surface area contributed by atoms with Gasteiger partial charge in [-0.2, -0.15) is 0 Å². The van der Waals surface area contributed by atoms with Crippen LogP contribution in [-0.4, -0.2) is 56.3 Å². The summed E-state index contributed by atoms with van der Waals surface area (Å²) in [5, 5.41) is 0. The van der Waals surface area contributed by atoms with Crippen molar-refractivity contribution in [3.05, 3.63) is 12.8 Å². The topological polar surface area (TPSA) is 65.1 Å². The van der Waals surface area contributed by atoms with Crippen LogP contribution in [0.4, 0.5) is 0 Å². The second-order valence-corrected chi connectivity index (χ2v) is 4.05. The highest BCUT2D eigenvalue weighted by molar-refractivity contribution is 5.97. The summed E-state index contributed by atoms with van der Waals surface area (Å²) in [4.78, 5) is 24.2. The van der Waals surface area contributed by atoms with Crippen LogP contribution >= 0.6 is 0 Å². The lowest BCUT2D eigenvalue weighted by molar-refractivity contribution is -0.148. The molecule has 108 valence electrons. The first-order chi connectivity index (χ1) is 9.25. The Hall–Kier alpha value is -1.40. The number of carbonyl (C=O) groups is 2. The molecule has 0 saturated carbocycles. The van der Waals surface area contributed by atoms with Crippen LogP contribution in [0.2, 0.25) is 0 Å². The first-order valence-electron chi connectivity index (χ1n) is 6.47. The van der Waals surface area contributed by atoms with Crippen LogP contribution in [0.25, 0.3) is 0 Å². The highest BCUT2D eigenvalue weighted by Crippen LogP contribution is 2.11. The van der Waals surface area contributed by atoms with E-state index in [1.807, 2.05) is 0 Å². The highest BCUT2D eigenvalue weighted by Gasteiger charge is 2.24. The van der Waals surface area contributed by atoms with Gasteiger partial charge in [0.1, 0.15) is 6.61 Å². The van der Waals surface area contributed by atoms with Gasteiger partial charge in [0, 0.05) is 12.8 Å². The Bertz CT molecular complexity index is 289. The number of ether oxygens (including phenoxy) is 3. The van der Waals surface area contributed by atoms with Crippen molar-refractivity contribution < 1.29 is 23.8 Å². The van der Waals surface area contributed by atoms with E-state index in [-0.39, 0.29) is 11.8 Å². The minimum Gasteiger partial charge on any atom is -0.499 e. The molecular weight excluding hydrogens is 250 g/mol. The number of piperidine rings is 1. The third-order valence-corrected chi connectivity index (χ3v) is 2.68. The summed E-state index contributed by atoms with van der Waals surface area (Å²) in [6.45, 7) is 5.95. The number of imide groups is 1. The number of hydrogen-bond acceptors (Lipinski definition) is 5. The quantitative estimate of drug-likeness (QED) is 0.333. The Morgan fingerprint density at radius 1 is 1.00 bits per heavy atom. The molecule has 0 bridgehead atoms. The maximum absolute atomic E-state index is 11.5. The summed E-state index contributed by atoms with van der Waals surface area (Å²) in [6, 6.07) is 0. The summed E-state index contributed by atoms with van der Waals surface area (Å²) < 4.78 is 15.4. The second-order valence-electron chi connectivity index (χ2n) is 4.05. The molecule has 1 saturated heterocycles. The van der Waals surface area contributed by atoms with Crippen LogP contribution in [0.1, 0.15) is 19.3 Å². The fourth-order valence-electron chi connectivity index (χ4n) is 1.72. The maximum atomic E-state index is 11.5. The molecule has 2 amide bonds. The van der Waals surface area contributed by atoms with Crippen molar-refractivity contribution >= 4 is 11.8 Å². The second kappa shape index (κ2) is 9.52. The molecule has 0 aromatic heterocycles. The lowest BCUT2D eigenvalue weighted by Crippen LogP contribution is -2.42. The summed E-state index contributed by atoms with van der Waals surface area (Å²) in [7, 11) is 0. The number of rotatable bonds is 10. The molecule has 1 heterocycles. The van der Waals surface area contributed by atoms with Crippen LogP contribution in [0.15, 0.2) is 12.8 Å². The molecule has 6 heteroatoms. The Morgan fingerprint density at radius 2 is 1.58 bits per heavy atom. The molecule has 1 rings (SSSR count). The predicted octanol–water partition coefficient (Wildman–Crippen LogP) is 0.719. The summed E-state index contributed by atoms with van der Waals surface area (Å²) in [6.07, 6.45) is 2.94. The predicted molar refractivity (Wildman–Crippen MR) is 68.4 cm³/mol. The Kier molecular flexibility index (Phi) is 7.84. The zero-order chi connectivity index (χ0) is 13.9. The number of amides is 2. The first kappa shape index (κ1) is 15.7. The average molecular weight is 271 g/mol. The van der Waals surface area contributed by atoms with Gasteiger partial charge in [-0.15, -0.1) is 0 Å². The van der Waals surface area contributed by atoms with Crippen molar-refractivity contribution in [2.24, 2.45) is 0 Å². The zero-order valence-corrected chi connectivity index (χ0v) is 11.1. The van der Waals surface area contributed by atoms with Crippen molar-refractivity contribution in [2.45, 2.75) is 19.3 Å². The molecule has 1 fully saturated rings. The molecule has 0 unspecified atom stereocenters.